The van der Waals surface area contributed by atoms with Crippen LogP contribution in [0.25, 0.3) is 0 Å². The van der Waals surface area contributed by atoms with E-state index >= 15 is 0 Å². The summed E-state index contributed by atoms with van der Waals surface area (Å²) >= 11 is 11.1. The third-order valence-electron chi connectivity index (χ3n) is 4.15. The van der Waals surface area contributed by atoms with Gasteiger partial charge in [-0.15, -0.1) is 10.2 Å². The summed E-state index contributed by atoms with van der Waals surface area (Å²) in [5.41, 5.74) is 2.31. The summed E-state index contributed by atoms with van der Waals surface area (Å²) < 4.78 is 9.01. The molecule has 3 rings (SSSR count). The van der Waals surface area contributed by atoms with Crippen molar-refractivity contribution in [3.63, 3.8) is 0 Å². The Bertz CT molecular complexity index is 899. The number of aromatic nitrogens is 3. The van der Waals surface area contributed by atoms with Gasteiger partial charge in [-0.2, -0.15) is 0 Å². The van der Waals surface area contributed by atoms with Gasteiger partial charge in [0.25, 0.3) is 0 Å². The average molecular weight is 467 g/mol. The Kier molecular flexibility index (Phi) is 7.21. The topological polar surface area (TPSA) is 39.9 Å². The number of thioether (sulfide) groups is 1. The number of ether oxygens (including phenoxy) is 1. The molecular formula is C20H21BrClN3OS. The van der Waals surface area contributed by atoms with Crippen molar-refractivity contribution in [2.45, 2.75) is 30.7 Å². The van der Waals surface area contributed by atoms with Gasteiger partial charge in [0, 0.05) is 28.7 Å². The van der Waals surface area contributed by atoms with Crippen molar-refractivity contribution in [2.24, 2.45) is 7.05 Å². The van der Waals surface area contributed by atoms with Gasteiger partial charge in [-0.1, -0.05) is 51.4 Å². The van der Waals surface area contributed by atoms with Gasteiger partial charge in [-0.05, 0) is 54.8 Å². The van der Waals surface area contributed by atoms with Crippen LogP contribution in [0, 0.1) is 6.92 Å². The first-order valence-corrected chi connectivity index (χ1v) is 10.8. The van der Waals surface area contributed by atoms with Crippen LogP contribution in [0.2, 0.25) is 5.02 Å². The Balaban J connectivity index is 1.47. The van der Waals surface area contributed by atoms with E-state index in [0.717, 1.165) is 50.4 Å². The molecule has 1 aromatic heterocycles. The van der Waals surface area contributed by atoms with Crippen molar-refractivity contribution < 1.29 is 4.74 Å². The van der Waals surface area contributed by atoms with Gasteiger partial charge in [-0.25, -0.2) is 0 Å². The van der Waals surface area contributed by atoms with E-state index < -0.39 is 0 Å². The maximum atomic E-state index is 5.97. The fourth-order valence-electron chi connectivity index (χ4n) is 2.60. The highest BCUT2D eigenvalue weighted by Gasteiger charge is 2.10. The normalized spacial score (nSPS) is 11.0. The van der Waals surface area contributed by atoms with Gasteiger partial charge in [0.1, 0.15) is 11.6 Å². The van der Waals surface area contributed by atoms with E-state index in [1.807, 2.05) is 32.2 Å². The zero-order chi connectivity index (χ0) is 19.2. The van der Waals surface area contributed by atoms with E-state index in [1.165, 1.54) is 5.56 Å². The molecule has 0 saturated carbocycles. The van der Waals surface area contributed by atoms with Gasteiger partial charge in [0.2, 0.25) is 0 Å². The predicted octanol–water partition coefficient (Wildman–Crippen LogP) is 5.84. The van der Waals surface area contributed by atoms with E-state index in [0.29, 0.717) is 6.61 Å². The van der Waals surface area contributed by atoms with Crippen LogP contribution < -0.4 is 4.74 Å². The summed E-state index contributed by atoms with van der Waals surface area (Å²) in [4.78, 5) is 0. The first kappa shape index (κ1) is 20.2. The molecule has 2 aromatic carbocycles. The molecule has 4 nitrogen and oxygen atoms in total. The van der Waals surface area contributed by atoms with Gasteiger partial charge >= 0.3 is 0 Å². The van der Waals surface area contributed by atoms with Gasteiger partial charge in [0.15, 0.2) is 5.16 Å². The van der Waals surface area contributed by atoms with E-state index in [9.17, 15) is 0 Å². The van der Waals surface area contributed by atoms with E-state index in [1.54, 1.807) is 11.8 Å². The molecule has 0 aliphatic carbocycles. The number of halogens is 2. The Morgan fingerprint density at radius 2 is 1.93 bits per heavy atom. The Morgan fingerprint density at radius 3 is 2.67 bits per heavy atom. The van der Waals surface area contributed by atoms with Crippen molar-refractivity contribution in [3.8, 4) is 5.75 Å². The lowest BCUT2D eigenvalue weighted by Gasteiger charge is -2.09. The molecule has 27 heavy (non-hydrogen) atoms. The molecule has 0 aliphatic rings. The van der Waals surface area contributed by atoms with Gasteiger partial charge in [-0.3, -0.25) is 0 Å². The molecule has 0 radical (unpaired) electrons. The molecule has 0 spiro atoms. The second-order valence-corrected chi connectivity index (χ2v) is 8.53. The van der Waals surface area contributed by atoms with Crippen LogP contribution in [0.3, 0.4) is 0 Å². The maximum absolute atomic E-state index is 5.97. The molecule has 7 heteroatoms. The summed E-state index contributed by atoms with van der Waals surface area (Å²) in [6.07, 6.45) is 1.71. The van der Waals surface area contributed by atoms with Crippen LogP contribution in [0.4, 0.5) is 0 Å². The molecule has 1 heterocycles. The highest BCUT2D eigenvalue weighted by atomic mass is 79.9. The van der Waals surface area contributed by atoms with Crippen LogP contribution in [0.15, 0.2) is 52.1 Å². The van der Waals surface area contributed by atoms with Crippen LogP contribution in [-0.2, 0) is 19.2 Å². The molecular weight excluding hydrogens is 446 g/mol. The Labute approximate surface area is 177 Å². The summed E-state index contributed by atoms with van der Waals surface area (Å²) in [6.45, 7) is 2.63. The van der Waals surface area contributed by atoms with Crippen LogP contribution in [-0.4, -0.2) is 21.4 Å². The minimum Gasteiger partial charge on any atom is -0.493 e. The second kappa shape index (κ2) is 9.62. The highest BCUT2D eigenvalue weighted by molar-refractivity contribution is 9.10. The Morgan fingerprint density at radius 1 is 1.15 bits per heavy atom. The van der Waals surface area contributed by atoms with Crippen molar-refractivity contribution in [1.29, 1.82) is 0 Å². The maximum Gasteiger partial charge on any atom is 0.191 e. The molecule has 0 amide bonds. The second-order valence-electron chi connectivity index (χ2n) is 6.23. The smallest absolute Gasteiger partial charge is 0.191 e. The van der Waals surface area contributed by atoms with Crippen LogP contribution in [0.1, 0.15) is 23.4 Å². The molecule has 0 bridgehead atoms. The average Bonchev–Trinajstić information content (AvgIpc) is 3.00. The fraction of sp³-hybridized carbons (Fsp3) is 0.300. The number of hydrogen-bond donors (Lipinski definition) is 0. The Hall–Kier alpha value is -1.50. The third kappa shape index (κ3) is 5.74. The van der Waals surface area contributed by atoms with Crippen LogP contribution >= 0.6 is 39.3 Å². The molecule has 3 aromatic rings. The quantitative estimate of drug-likeness (QED) is 0.309. The van der Waals surface area contributed by atoms with E-state index in [4.69, 9.17) is 16.3 Å². The number of benzene rings is 2. The summed E-state index contributed by atoms with van der Waals surface area (Å²) in [6, 6.07) is 14.0. The molecule has 0 saturated heterocycles. The number of hydrogen-bond acceptors (Lipinski definition) is 4. The molecule has 0 fully saturated rings. The molecule has 0 aliphatic heterocycles. The number of nitrogens with zero attached hydrogens (tertiary/aromatic N) is 3. The molecule has 0 unspecified atom stereocenters. The minimum absolute atomic E-state index is 0.636. The molecule has 142 valence electrons. The monoisotopic (exact) mass is 465 g/mol. The van der Waals surface area contributed by atoms with Crippen molar-refractivity contribution in [3.05, 3.63) is 68.9 Å². The summed E-state index contributed by atoms with van der Waals surface area (Å²) in [7, 11) is 2.02. The lowest BCUT2D eigenvalue weighted by atomic mass is 10.2. The highest BCUT2D eigenvalue weighted by Crippen LogP contribution is 2.23. The van der Waals surface area contributed by atoms with Crippen LogP contribution in [0.5, 0.6) is 5.75 Å². The third-order valence-corrected chi connectivity index (χ3v) is 6.00. The molecule has 0 atom stereocenters. The lowest BCUT2D eigenvalue weighted by Crippen LogP contribution is -2.04. The standard InChI is InChI=1S/C20H21BrClN3OS/c1-14-12-17(22)9-10-18(14)26-11-3-4-19-23-24-20(25(19)2)27-13-15-5-7-16(21)8-6-15/h5-10,12H,3-4,11,13H2,1-2H3. The largest absolute Gasteiger partial charge is 0.493 e. The minimum atomic E-state index is 0.636. The predicted molar refractivity (Wildman–Crippen MR) is 115 cm³/mol. The van der Waals surface area contributed by atoms with Gasteiger partial charge in [0.05, 0.1) is 6.61 Å². The number of aryl methyl sites for hydroxylation is 2. The van der Waals surface area contributed by atoms with E-state index in [-0.39, 0.29) is 0 Å². The van der Waals surface area contributed by atoms with Gasteiger partial charge < -0.3 is 9.30 Å². The zero-order valence-corrected chi connectivity index (χ0v) is 18.4. The summed E-state index contributed by atoms with van der Waals surface area (Å²) in [5.74, 6) is 2.73. The zero-order valence-electron chi connectivity index (χ0n) is 15.3. The first-order chi connectivity index (χ1) is 13.0. The SMILES string of the molecule is Cc1cc(Cl)ccc1OCCCc1nnc(SCc2ccc(Br)cc2)n1C. The molecule has 0 N–H and O–H groups in total. The number of rotatable bonds is 8. The van der Waals surface area contributed by atoms with Crippen molar-refractivity contribution >= 4 is 39.3 Å². The van der Waals surface area contributed by atoms with E-state index in [2.05, 4.69) is 55.0 Å². The summed E-state index contributed by atoms with van der Waals surface area (Å²) in [5, 5.41) is 10.3. The first-order valence-electron chi connectivity index (χ1n) is 8.67. The fourth-order valence-corrected chi connectivity index (χ4v) is 3.98. The lowest BCUT2D eigenvalue weighted by molar-refractivity contribution is 0.307. The van der Waals surface area contributed by atoms with Crippen molar-refractivity contribution in [1.82, 2.24) is 14.8 Å². The van der Waals surface area contributed by atoms with Crippen molar-refractivity contribution in [2.75, 3.05) is 6.61 Å².